The zero-order valence-electron chi connectivity index (χ0n) is 16.6. The molecule has 0 radical (unpaired) electrons. The van der Waals surface area contributed by atoms with E-state index in [-0.39, 0.29) is 12.4 Å². The van der Waals surface area contributed by atoms with Crippen molar-refractivity contribution in [3.05, 3.63) is 87.6 Å². The molecule has 0 spiro atoms. The lowest BCUT2D eigenvalue weighted by atomic mass is 10.1. The minimum Gasteiger partial charge on any atom is -0.501 e. The number of benzene rings is 2. The van der Waals surface area contributed by atoms with Gasteiger partial charge in [-0.15, -0.1) is 0 Å². The highest BCUT2D eigenvalue weighted by molar-refractivity contribution is 5.92. The molecule has 9 nitrogen and oxygen atoms in total. The van der Waals surface area contributed by atoms with E-state index in [1.807, 2.05) is 42.5 Å². The molecule has 0 bridgehead atoms. The predicted octanol–water partition coefficient (Wildman–Crippen LogP) is 2.70. The fraction of sp³-hybridized carbons (Fsp3) is 0.182. The number of nitrogens with one attached hydrogen (secondary N) is 1. The summed E-state index contributed by atoms with van der Waals surface area (Å²) in [5.74, 6) is -1.76. The molecule has 0 saturated heterocycles. The molecule has 158 valence electrons. The van der Waals surface area contributed by atoms with Crippen LogP contribution in [0, 0.1) is 0 Å². The Labute approximate surface area is 176 Å². The number of rotatable bonds is 4. The van der Waals surface area contributed by atoms with Crippen molar-refractivity contribution in [2.24, 2.45) is 0 Å². The number of amides is 1. The number of methoxy groups -OCH3 is 1. The Morgan fingerprint density at radius 3 is 2.61 bits per heavy atom. The molecule has 1 aromatic heterocycles. The number of para-hydroxylation sites is 1. The van der Waals surface area contributed by atoms with Gasteiger partial charge in [-0.05, 0) is 17.2 Å². The summed E-state index contributed by atoms with van der Waals surface area (Å²) in [5.41, 5.74) is 0.859. The molecule has 1 aliphatic rings. The summed E-state index contributed by atoms with van der Waals surface area (Å²) in [4.78, 5) is 45.1. The lowest BCUT2D eigenvalue weighted by Gasteiger charge is -2.24. The molecular formula is C22H19N3O6. The number of anilines is 1. The van der Waals surface area contributed by atoms with Gasteiger partial charge in [0.25, 0.3) is 5.56 Å². The number of ether oxygens (including phenoxy) is 2. The molecule has 1 aliphatic heterocycles. The third kappa shape index (κ3) is 3.85. The molecule has 2 heterocycles. The average Bonchev–Trinajstić information content (AvgIpc) is 3.19. The van der Waals surface area contributed by atoms with E-state index in [0.29, 0.717) is 12.1 Å². The Kier molecular flexibility index (Phi) is 5.40. The van der Waals surface area contributed by atoms with Gasteiger partial charge < -0.3 is 19.6 Å². The molecule has 1 atom stereocenters. The number of carbonyl (C=O) groups is 2. The molecule has 0 saturated carbocycles. The SMILES string of the molecule is COC(=O)c1nc(C2Cc3ccccc3N2C(=O)OCc2ccccc2)[nH]c(=O)c1O. The monoisotopic (exact) mass is 421 g/mol. The van der Waals surface area contributed by atoms with Gasteiger partial charge in [-0.1, -0.05) is 48.5 Å². The summed E-state index contributed by atoms with van der Waals surface area (Å²) in [6, 6.07) is 15.7. The Bertz CT molecular complexity index is 1190. The number of nitrogens with zero attached hydrogens (tertiary/aromatic N) is 2. The quantitative estimate of drug-likeness (QED) is 0.621. The molecule has 2 N–H and O–H groups in total. The first-order chi connectivity index (χ1) is 15.0. The summed E-state index contributed by atoms with van der Waals surface area (Å²) in [6.45, 7) is 0.0675. The van der Waals surface area contributed by atoms with Crippen molar-refractivity contribution in [1.29, 1.82) is 0 Å². The van der Waals surface area contributed by atoms with Crippen LogP contribution in [-0.2, 0) is 22.5 Å². The lowest BCUT2D eigenvalue weighted by molar-refractivity contribution is 0.0589. The van der Waals surface area contributed by atoms with E-state index < -0.39 is 35.1 Å². The topological polar surface area (TPSA) is 122 Å². The summed E-state index contributed by atoms with van der Waals surface area (Å²) >= 11 is 0. The van der Waals surface area contributed by atoms with Gasteiger partial charge in [0.15, 0.2) is 5.69 Å². The van der Waals surface area contributed by atoms with E-state index in [4.69, 9.17) is 4.74 Å². The van der Waals surface area contributed by atoms with Gasteiger partial charge in [-0.2, -0.15) is 0 Å². The maximum Gasteiger partial charge on any atom is 0.415 e. The molecule has 1 unspecified atom stereocenters. The van der Waals surface area contributed by atoms with Crippen LogP contribution in [0.2, 0.25) is 0 Å². The van der Waals surface area contributed by atoms with Crippen molar-refractivity contribution >= 4 is 17.7 Å². The van der Waals surface area contributed by atoms with E-state index in [9.17, 15) is 19.5 Å². The smallest absolute Gasteiger partial charge is 0.415 e. The molecule has 0 fully saturated rings. The highest BCUT2D eigenvalue weighted by Crippen LogP contribution is 2.39. The predicted molar refractivity (Wildman–Crippen MR) is 110 cm³/mol. The van der Waals surface area contributed by atoms with Gasteiger partial charge in [0.1, 0.15) is 18.5 Å². The molecule has 2 aromatic carbocycles. The molecule has 3 aromatic rings. The van der Waals surface area contributed by atoms with Crippen molar-refractivity contribution in [2.75, 3.05) is 12.0 Å². The Hall–Kier alpha value is -4.14. The van der Waals surface area contributed by atoms with Gasteiger partial charge >= 0.3 is 12.1 Å². The number of carbonyl (C=O) groups excluding carboxylic acids is 2. The maximum atomic E-state index is 13.0. The lowest BCUT2D eigenvalue weighted by Crippen LogP contribution is -2.35. The van der Waals surface area contributed by atoms with Crippen molar-refractivity contribution in [2.45, 2.75) is 19.1 Å². The minimum atomic E-state index is -0.960. The highest BCUT2D eigenvalue weighted by atomic mass is 16.6. The number of H-pyrrole nitrogens is 1. The van der Waals surface area contributed by atoms with Crippen LogP contribution in [0.25, 0.3) is 0 Å². The number of fused-ring (bicyclic) bond motifs is 1. The van der Waals surface area contributed by atoms with Crippen LogP contribution in [-0.4, -0.2) is 34.2 Å². The summed E-state index contributed by atoms with van der Waals surface area (Å²) < 4.78 is 10.1. The van der Waals surface area contributed by atoms with E-state index in [0.717, 1.165) is 18.2 Å². The first-order valence-corrected chi connectivity index (χ1v) is 9.49. The molecule has 0 aliphatic carbocycles. The fourth-order valence-corrected chi connectivity index (χ4v) is 3.50. The number of aromatic nitrogens is 2. The third-order valence-electron chi connectivity index (χ3n) is 4.99. The normalized spacial score (nSPS) is 14.7. The Morgan fingerprint density at radius 2 is 1.87 bits per heavy atom. The number of esters is 1. The summed E-state index contributed by atoms with van der Waals surface area (Å²) in [5, 5.41) is 9.91. The first-order valence-electron chi connectivity index (χ1n) is 9.49. The Balaban J connectivity index is 1.70. The maximum absolute atomic E-state index is 13.0. The number of aromatic amines is 1. The standard InChI is InChI=1S/C22H19N3O6/c1-30-21(28)17-18(26)20(27)24-19(23-17)16-11-14-9-5-6-10-15(14)25(16)22(29)31-12-13-7-3-2-4-8-13/h2-10,16,26H,11-12H2,1H3,(H,23,24,27). The van der Waals surface area contributed by atoms with Crippen molar-refractivity contribution in [3.63, 3.8) is 0 Å². The van der Waals surface area contributed by atoms with Crippen molar-refractivity contribution in [3.8, 4) is 5.75 Å². The van der Waals surface area contributed by atoms with Crippen LogP contribution < -0.4 is 10.5 Å². The van der Waals surface area contributed by atoms with Crippen LogP contribution >= 0.6 is 0 Å². The summed E-state index contributed by atoms with van der Waals surface area (Å²) in [6.07, 6.45) is -0.292. The number of aromatic hydroxyl groups is 1. The second-order valence-electron chi connectivity index (χ2n) is 6.90. The average molecular weight is 421 g/mol. The van der Waals surface area contributed by atoms with Gasteiger partial charge in [0.2, 0.25) is 5.75 Å². The largest absolute Gasteiger partial charge is 0.501 e. The molecule has 31 heavy (non-hydrogen) atoms. The molecule has 4 rings (SSSR count). The highest BCUT2D eigenvalue weighted by Gasteiger charge is 2.38. The second kappa shape index (κ2) is 8.31. The third-order valence-corrected chi connectivity index (χ3v) is 4.99. The Morgan fingerprint density at radius 1 is 1.16 bits per heavy atom. The van der Waals surface area contributed by atoms with E-state index in [2.05, 4.69) is 14.7 Å². The fourth-order valence-electron chi connectivity index (χ4n) is 3.50. The molecular weight excluding hydrogens is 402 g/mol. The van der Waals surface area contributed by atoms with E-state index in [1.165, 1.54) is 4.90 Å². The van der Waals surface area contributed by atoms with Gasteiger partial charge in [0, 0.05) is 6.42 Å². The number of hydrogen-bond acceptors (Lipinski definition) is 7. The van der Waals surface area contributed by atoms with Crippen LogP contribution in [0.4, 0.5) is 10.5 Å². The van der Waals surface area contributed by atoms with Crippen LogP contribution in [0.15, 0.2) is 59.4 Å². The van der Waals surface area contributed by atoms with Crippen LogP contribution in [0.5, 0.6) is 5.75 Å². The minimum absolute atomic E-state index is 0.0380. The number of hydrogen-bond donors (Lipinski definition) is 2. The second-order valence-corrected chi connectivity index (χ2v) is 6.90. The van der Waals surface area contributed by atoms with Crippen molar-refractivity contribution < 1.29 is 24.2 Å². The van der Waals surface area contributed by atoms with Gasteiger partial charge in [-0.3, -0.25) is 9.69 Å². The first kappa shape index (κ1) is 20.1. The van der Waals surface area contributed by atoms with Crippen LogP contribution in [0.3, 0.4) is 0 Å². The van der Waals surface area contributed by atoms with Gasteiger partial charge in [-0.25, -0.2) is 14.6 Å². The zero-order chi connectivity index (χ0) is 22.0. The molecule has 1 amide bonds. The van der Waals surface area contributed by atoms with E-state index in [1.54, 1.807) is 12.1 Å². The van der Waals surface area contributed by atoms with Crippen molar-refractivity contribution in [1.82, 2.24) is 9.97 Å². The van der Waals surface area contributed by atoms with E-state index >= 15 is 0 Å². The zero-order valence-corrected chi connectivity index (χ0v) is 16.6. The summed E-state index contributed by atoms with van der Waals surface area (Å²) in [7, 11) is 1.11. The van der Waals surface area contributed by atoms with Gasteiger partial charge in [0.05, 0.1) is 12.8 Å². The van der Waals surface area contributed by atoms with Crippen LogP contribution in [0.1, 0.15) is 33.5 Å². The molecule has 9 heteroatoms.